The molecule has 1 fully saturated rings. The van der Waals surface area contributed by atoms with E-state index >= 15 is 0 Å². The van der Waals surface area contributed by atoms with Crippen molar-refractivity contribution in [3.05, 3.63) is 47.8 Å². The van der Waals surface area contributed by atoms with Crippen LogP contribution in [0.2, 0.25) is 0 Å². The van der Waals surface area contributed by atoms with Crippen LogP contribution in [0.15, 0.2) is 35.7 Å². The maximum absolute atomic E-state index is 14.5. The van der Waals surface area contributed by atoms with Gasteiger partial charge in [-0.1, -0.05) is 0 Å². The second-order valence-corrected chi connectivity index (χ2v) is 9.03. The van der Waals surface area contributed by atoms with Gasteiger partial charge in [0.15, 0.2) is 11.5 Å². The Balaban J connectivity index is 1.41. The number of pyridine rings is 2. The zero-order valence-corrected chi connectivity index (χ0v) is 18.6. The lowest BCUT2D eigenvalue weighted by molar-refractivity contribution is 0.137. The third-order valence-corrected chi connectivity index (χ3v) is 6.89. The summed E-state index contributed by atoms with van der Waals surface area (Å²) in [5, 5.41) is 0. The van der Waals surface area contributed by atoms with E-state index in [2.05, 4.69) is 46.9 Å². The summed E-state index contributed by atoms with van der Waals surface area (Å²) >= 11 is 0. The maximum Gasteiger partial charge on any atom is 0.173 e. The van der Waals surface area contributed by atoms with Crippen molar-refractivity contribution in [2.75, 3.05) is 20.6 Å². The number of hydrogen-bond donors (Lipinski definition) is 0. The minimum atomic E-state index is -0.334. The average molecular weight is 421 g/mol. The summed E-state index contributed by atoms with van der Waals surface area (Å²) < 4.78 is 16.2. The molecule has 31 heavy (non-hydrogen) atoms. The molecule has 0 amide bonds. The normalized spacial score (nSPS) is 21.8. The Morgan fingerprint density at radius 1 is 1.19 bits per heavy atom. The van der Waals surface area contributed by atoms with E-state index in [1.165, 1.54) is 18.1 Å². The van der Waals surface area contributed by atoms with E-state index in [-0.39, 0.29) is 5.82 Å². The quantitative estimate of drug-likeness (QED) is 0.622. The summed E-state index contributed by atoms with van der Waals surface area (Å²) in [4.78, 5) is 18.6. The lowest BCUT2D eigenvalue weighted by Gasteiger charge is -2.41. The van der Waals surface area contributed by atoms with Gasteiger partial charge in [-0.25, -0.2) is 14.4 Å². The average Bonchev–Trinajstić information content (AvgIpc) is 3.15. The Kier molecular flexibility index (Phi) is 5.01. The lowest BCUT2D eigenvalue weighted by Crippen LogP contribution is -2.48. The van der Waals surface area contributed by atoms with Crippen LogP contribution in [0.4, 0.5) is 10.1 Å². The number of rotatable bonds is 2. The van der Waals surface area contributed by atoms with Crippen molar-refractivity contribution in [2.24, 2.45) is 4.99 Å². The number of hydrogen-bond acceptors (Lipinski definition) is 5. The number of imidazole rings is 1. The SMILES string of the molecule is Cc1cn2cc(-c3cc4c(cn3)N=C(N(C)C3CCN(C)C(C)C3)CC4)cc(F)c2n1. The van der Waals surface area contributed by atoms with Gasteiger partial charge in [0, 0.05) is 50.1 Å². The molecule has 5 rings (SSSR count). The first-order valence-electron chi connectivity index (χ1n) is 11.0. The van der Waals surface area contributed by atoms with E-state index < -0.39 is 0 Å². The van der Waals surface area contributed by atoms with Crippen LogP contribution in [0.25, 0.3) is 16.9 Å². The fourth-order valence-electron chi connectivity index (χ4n) is 4.79. The molecule has 0 bridgehead atoms. The van der Waals surface area contributed by atoms with Crippen molar-refractivity contribution in [2.45, 2.75) is 51.6 Å². The summed E-state index contributed by atoms with van der Waals surface area (Å²) in [5.41, 5.74) is 4.75. The van der Waals surface area contributed by atoms with Crippen molar-refractivity contribution in [3.8, 4) is 11.3 Å². The van der Waals surface area contributed by atoms with Crippen molar-refractivity contribution < 1.29 is 4.39 Å². The van der Waals surface area contributed by atoms with Crippen molar-refractivity contribution >= 4 is 17.2 Å². The number of nitrogens with zero attached hydrogens (tertiary/aromatic N) is 6. The molecule has 2 aliphatic heterocycles. The van der Waals surface area contributed by atoms with Gasteiger partial charge < -0.3 is 14.2 Å². The van der Waals surface area contributed by atoms with Gasteiger partial charge in [0.05, 0.1) is 23.3 Å². The molecule has 162 valence electrons. The molecule has 0 spiro atoms. The van der Waals surface area contributed by atoms with E-state index in [0.717, 1.165) is 54.3 Å². The van der Waals surface area contributed by atoms with Gasteiger partial charge in [0.25, 0.3) is 0 Å². The molecule has 3 aromatic rings. The molecule has 0 aliphatic carbocycles. The molecule has 5 heterocycles. The van der Waals surface area contributed by atoms with Gasteiger partial charge in [-0.15, -0.1) is 0 Å². The summed E-state index contributed by atoms with van der Waals surface area (Å²) in [7, 11) is 4.38. The van der Waals surface area contributed by atoms with Gasteiger partial charge in [-0.05, 0) is 57.9 Å². The zero-order valence-electron chi connectivity index (χ0n) is 18.6. The molecule has 0 radical (unpaired) electrons. The maximum atomic E-state index is 14.5. The zero-order chi connectivity index (χ0) is 21.7. The number of piperidine rings is 1. The molecule has 2 aliphatic rings. The standard InChI is InChI=1S/C24H29FN6/c1-15-13-31-14-18(10-20(25)24(31)27-15)21-11-17-5-6-23(28-22(17)12-26-21)30(4)19-7-8-29(3)16(2)9-19/h10-14,16,19H,5-9H2,1-4H3. The Bertz CT molecular complexity index is 1170. The molecule has 3 aromatic heterocycles. The molecule has 7 heteroatoms. The highest BCUT2D eigenvalue weighted by atomic mass is 19.1. The number of aromatic nitrogens is 3. The van der Waals surface area contributed by atoms with Crippen LogP contribution in [0, 0.1) is 12.7 Å². The third kappa shape index (κ3) is 3.71. The monoisotopic (exact) mass is 420 g/mol. The second-order valence-electron chi connectivity index (χ2n) is 9.03. The van der Waals surface area contributed by atoms with Crippen LogP contribution in [0.1, 0.15) is 37.4 Å². The van der Waals surface area contributed by atoms with Gasteiger partial charge in [-0.2, -0.15) is 0 Å². The first-order valence-corrected chi connectivity index (χ1v) is 11.0. The fraction of sp³-hybridized carbons (Fsp3) is 0.458. The summed E-state index contributed by atoms with van der Waals surface area (Å²) in [6.07, 6.45) is 9.72. The highest BCUT2D eigenvalue weighted by Crippen LogP contribution is 2.31. The Morgan fingerprint density at radius 3 is 2.84 bits per heavy atom. The Labute approximate surface area is 182 Å². The molecule has 0 saturated carbocycles. The predicted molar refractivity (Wildman–Crippen MR) is 121 cm³/mol. The van der Waals surface area contributed by atoms with Gasteiger partial charge in [-0.3, -0.25) is 4.98 Å². The molecule has 6 nitrogen and oxygen atoms in total. The van der Waals surface area contributed by atoms with E-state index in [0.29, 0.717) is 17.7 Å². The molecular weight excluding hydrogens is 391 g/mol. The molecule has 1 saturated heterocycles. The highest BCUT2D eigenvalue weighted by Gasteiger charge is 2.28. The van der Waals surface area contributed by atoms with Crippen LogP contribution in [-0.4, -0.2) is 62.7 Å². The number of aliphatic imine (C=N–C) groups is 1. The molecule has 2 atom stereocenters. The fourth-order valence-corrected chi connectivity index (χ4v) is 4.79. The minimum absolute atomic E-state index is 0.334. The number of likely N-dealkylation sites (tertiary alicyclic amines) is 1. The summed E-state index contributed by atoms with van der Waals surface area (Å²) in [6.45, 7) is 5.29. The first-order chi connectivity index (χ1) is 14.9. The smallest absolute Gasteiger partial charge is 0.173 e. The Morgan fingerprint density at radius 2 is 2.03 bits per heavy atom. The van der Waals surface area contributed by atoms with Crippen LogP contribution in [0.5, 0.6) is 0 Å². The molecule has 0 N–H and O–H groups in total. The third-order valence-electron chi connectivity index (χ3n) is 6.89. The first kappa shape index (κ1) is 20.1. The van der Waals surface area contributed by atoms with Gasteiger partial charge in [0.1, 0.15) is 5.84 Å². The number of aryl methyl sites for hydroxylation is 2. The molecule has 0 aromatic carbocycles. The second kappa shape index (κ2) is 7.71. The van der Waals surface area contributed by atoms with E-state index in [9.17, 15) is 4.39 Å². The predicted octanol–water partition coefficient (Wildman–Crippen LogP) is 4.23. The highest BCUT2D eigenvalue weighted by molar-refractivity contribution is 5.87. The van der Waals surface area contributed by atoms with Crippen molar-refractivity contribution in [3.63, 3.8) is 0 Å². The van der Waals surface area contributed by atoms with Crippen LogP contribution < -0.4 is 0 Å². The van der Waals surface area contributed by atoms with Crippen LogP contribution in [0.3, 0.4) is 0 Å². The largest absolute Gasteiger partial charge is 0.360 e. The van der Waals surface area contributed by atoms with Crippen LogP contribution >= 0.6 is 0 Å². The summed E-state index contributed by atoms with van der Waals surface area (Å²) in [5.74, 6) is 0.810. The summed E-state index contributed by atoms with van der Waals surface area (Å²) in [6, 6.07) is 4.70. The number of amidine groups is 1. The van der Waals surface area contributed by atoms with Crippen molar-refractivity contribution in [1.82, 2.24) is 24.2 Å². The van der Waals surface area contributed by atoms with Crippen LogP contribution in [-0.2, 0) is 6.42 Å². The van der Waals surface area contributed by atoms with Gasteiger partial charge in [0.2, 0.25) is 0 Å². The number of fused-ring (bicyclic) bond motifs is 2. The van der Waals surface area contributed by atoms with Gasteiger partial charge >= 0.3 is 0 Å². The van der Waals surface area contributed by atoms with Crippen molar-refractivity contribution in [1.29, 1.82) is 0 Å². The lowest BCUT2D eigenvalue weighted by atomic mass is 9.96. The Hall–Kier alpha value is -2.80. The van der Waals surface area contributed by atoms with E-state index in [1.54, 1.807) is 4.40 Å². The van der Waals surface area contributed by atoms with E-state index in [1.807, 2.05) is 25.5 Å². The van der Waals surface area contributed by atoms with E-state index in [4.69, 9.17) is 4.99 Å². The molecule has 2 unspecified atom stereocenters. The minimum Gasteiger partial charge on any atom is -0.360 e. The molecular formula is C24H29FN6. The topological polar surface area (TPSA) is 49.0 Å². The number of halogens is 1.